The highest BCUT2D eigenvalue weighted by Crippen LogP contribution is 2.44. The van der Waals surface area contributed by atoms with E-state index in [4.69, 9.17) is 24.3 Å². The van der Waals surface area contributed by atoms with Gasteiger partial charge < -0.3 is 19.7 Å². The topological polar surface area (TPSA) is 173 Å². The molecule has 206 valence electrons. The predicted molar refractivity (Wildman–Crippen MR) is 138 cm³/mol. The standard InChI is InChI=1S/C24H26FN6O7P/c1-16(23(33)36-13-17-5-3-2-4-6-17)30-39(34,38-19-9-7-18(25)8-10-19)37-12-11-35-15-31-14-27-20-21(31)28-24(26)29-22(20)32/h2-10,14,16H,11-13,15H2,1H3,(H,30,34)(H3,26,28,29,32)/t16-,39?/m0/s1. The molecule has 39 heavy (non-hydrogen) atoms. The van der Waals surface area contributed by atoms with E-state index in [9.17, 15) is 18.5 Å². The fourth-order valence-corrected chi connectivity index (χ4v) is 4.79. The second kappa shape index (κ2) is 12.6. The number of anilines is 1. The van der Waals surface area contributed by atoms with E-state index < -0.39 is 31.1 Å². The Morgan fingerprint density at radius 1 is 1.18 bits per heavy atom. The molecule has 4 aromatic rings. The molecule has 2 aromatic carbocycles. The maximum atomic E-state index is 13.5. The first-order valence-electron chi connectivity index (χ1n) is 11.7. The number of benzene rings is 2. The Bertz CT molecular complexity index is 1510. The summed E-state index contributed by atoms with van der Waals surface area (Å²) in [6.07, 6.45) is 1.36. The molecule has 0 fully saturated rings. The number of H-pyrrole nitrogens is 1. The molecule has 0 aliphatic heterocycles. The van der Waals surface area contributed by atoms with E-state index in [1.807, 2.05) is 18.2 Å². The summed E-state index contributed by atoms with van der Waals surface area (Å²) in [7, 11) is -4.16. The number of carbonyl (C=O) groups excluding carboxylic acids is 1. The molecule has 0 radical (unpaired) electrons. The van der Waals surface area contributed by atoms with Crippen LogP contribution in [0.1, 0.15) is 12.5 Å². The van der Waals surface area contributed by atoms with E-state index >= 15 is 0 Å². The van der Waals surface area contributed by atoms with Crippen LogP contribution in [0.15, 0.2) is 65.7 Å². The second-order valence-electron chi connectivity index (χ2n) is 8.20. The van der Waals surface area contributed by atoms with Gasteiger partial charge in [0.15, 0.2) is 11.2 Å². The Balaban J connectivity index is 1.35. The number of nitrogens with one attached hydrogen (secondary N) is 2. The van der Waals surface area contributed by atoms with Crippen molar-refractivity contribution in [2.45, 2.75) is 26.3 Å². The van der Waals surface area contributed by atoms with Gasteiger partial charge in [0, 0.05) is 0 Å². The van der Waals surface area contributed by atoms with Crippen molar-refractivity contribution < 1.29 is 32.3 Å². The van der Waals surface area contributed by atoms with Crippen molar-refractivity contribution in [3.8, 4) is 5.75 Å². The Labute approximate surface area is 221 Å². The first-order chi connectivity index (χ1) is 18.7. The number of carbonyl (C=O) groups is 1. The van der Waals surface area contributed by atoms with Crippen molar-refractivity contribution >= 4 is 30.8 Å². The third kappa shape index (κ3) is 7.71. The zero-order valence-corrected chi connectivity index (χ0v) is 21.7. The largest absolute Gasteiger partial charge is 0.460 e. The number of halogens is 1. The molecule has 4 N–H and O–H groups in total. The van der Waals surface area contributed by atoms with Gasteiger partial charge in [0.2, 0.25) is 5.95 Å². The van der Waals surface area contributed by atoms with Crippen molar-refractivity contribution in [1.29, 1.82) is 0 Å². The third-order valence-electron chi connectivity index (χ3n) is 5.18. The highest BCUT2D eigenvalue weighted by molar-refractivity contribution is 7.52. The van der Waals surface area contributed by atoms with Crippen molar-refractivity contribution in [2.24, 2.45) is 0 Å². The van der Waals surface area contributed by atoms with Crippen LogP contribution in [0.3, 0.4) is 0 Å². The lowest BCUT2D eigenvalue weighted by molar-refractivity contribution is -0.146. The lowest BCUT2D eigenvalue weighted by Gasteiger charge is -2.23. The predicted octanol–water partition coefficient (Wildman–Crippen LogP) is 2.74. The van der Waals surface area contributed by atoms with Gasteiger partial charge in [-0.1, -0.05) is 30.3 Å². The van der Waals surface area contributed by atoms with Crippen LogP contribution in [0.25, 0.3) is 11.2 Å². The monoisotopic (exact) mass is 560 g/mol. The molecule has 0 saturated carbocycles. The summed E-state index contributed by atoms with van der Waals surface area (Å²) in [5.74, 6) is -1.21. The van der Waals surface area contributed by atoms with Crippen LogP contribution < -0.4 is 20.9 Å². The number of rotatable bonds is 13. The van der Waals surface area contributed by atoms with Crippen molar-refractivity contribution in [1.82, 2.24) is 24.6 Å². The van der Waals surface area contributed by atoms with Crippen LogP contribution in [0.2, 0.25) is 0 Å². The van der Waals surface area contributed by atoms with E-state index in [1.54, 1.807) is 12.1 Å². The van der Waals surface area contributed by atoms with Gasteiger partial charge in [-0.25, -0.2) is 13.9 Å². The van der Waals surface area contributed by atoms with E-state index in [2.05, 4.69) is 20.0 Å². The highest BCUT2D eigenvalue weighted by atomic mass is 31.2. The van der Waals surface area contributed by atoms with Gasteiger partial charge in [0.1, 0.15) is 30.9 Å². The number of imidazole rings is 1. The van der Waals surface area contributed by atoms with Gasteiger partial charge in [0.25, 0.3) is 5.56 Å². The molecule has 1 unspecified atom stereocenters. The fraction of sp³-hybridized carbons (Fsp3) is 0.250. The summed E-state index contributed by atoms with van der Waals surface area (Å²) in [5, 5.41) is 2.54. The number of hydrogen-bond acceptors (Lipinski definition) is 10. The number of ether oxygens (including phenoxy) is 2. The number of nitrogens with zero attached hydrogens (tertiary/aromatic N) is 3. The summed E-state index contributed by atoms with van der Waals surface area (Å²) < 4.78 is 50.1. The summed E-state index contributed by atoms with van der Waals surface area (Å²) in [5.41, 5.74) is 6.21. The minimum Gasteiger partial charge on any atom is -0.460 e. The number of aromatic nitrogens is 4. The number of fused-ring (bicyclic) bond motifs is 1. The number of esters is 1. The van der Waals surface area contributed by atoms with Gasteiger partial charge >= 0.3 is 13.7 Å². The molecule has 0 aliphatic rings. The normalized spacial score (nSPS) is 13.6. The van der Waals surface area contributed by atoms with Gasteiger partial charge in [-0.05, 0) is 36.8 Å². The quantitative estimate of drug-likeness (QED) is 0.125. The lowest BCUT2D eigenvalue weighted by Crippen LogP contribution is -2.35. The van der Waals surface area contributed by atoms with Gasteiger partial charge in [-0.2, -0.15) is 10.1 Å². The van der Waals surface area contributed by atoms with Crippen molar-refractivity contribution in [3.63, 3.8) is 0 Å². The molecule has 4 rings (SSSR count). The Kier molecular flexibility index (Phi) is 9.04. The van der Waals surface area contributed by atoms with E-state index in [-0.39, 0.29) is 49.4 Å². The molecule has 13 nitrogen and oxygen atoms in total. The van der Waals surface area contributed by atoms with Crippen LogP contribution in [0.5, 0.6) is 5.75 Å². The third-order valence-corrected chi connectivity index (χ3v) is 6.86. The molecule has 0 bridgehead atoms. The molecule has 15 heteroatoms. The van der Waals surface area contributed by atoms with E-state index in [1.165, 1.54) is 30.0 Å². The summed E-state index contributed by atoms with van der Waals surface area (Å²) in [4.78, 5) is 34.8. The molecule has 0 aliphatic carbocycles. The molecule has 2 atom stereocenters. The summed E-state index contributed by atoms with van der Waals surface area (Å²) in [6, 6.07) is 12.8. The highest BCUT2D eigenvalue weighted by Gasteiger charge is 2.32. The summed E-state index contributed by atoms with van der Waals surface area (Å²) in [6.45, 7) is 1.12. The lowest BCUT2D eigenvalue weighted by atomic mass is 10.2. The van der Waals surface area contributed by atoms with Crippen LogP contribution in [-0.2, 0) is 36.7 Å². The zero-order chi connectivity index (χ0) is 27.8. The summed E-state index contributed by atoms with van der Waals surface area (Å²) >= 11 is 0. The van der Waals surface area contributed by atoms with Crippen LogP contribution >= 0.6 is 7.75 Å². The molecule has 0 spiro atoms. The van der Waals surface area contributed by atoms with Crippen LogP contribution in [-0.4, -0.2) is 44.7 Å². The van der Waals surface area contributed by atoms with E-state index in [0.29, 0.717) is 0 Å². The fourth-order valence-electron chi connectivity index (χ4n) is 3.31. The maximum Gasteiger partial charge on any atom is 0.459 e. The van der Waals surface area contributed by atoms with Crippen molar-refractivity contribution in [2.75, 3.05) is 18.9 Å². The maximum absolute atomic E-state index is 13.5. The smallest absolute Gasteiger partial charge is 0.459 e. The molecule has 0 amide bonds. The SMILES string of the molecule is C[C@H](NP(=O)(OCCOCn1cnc2c(=O)[nH]c(N)nc21)Oc1ccc(F)cc1)C(=O)OCc1ccccc1. The average Bonchev–Trinajstić information content (AvgIpc) is 3.32. The molecule has 2 aromatic heterocycles. The molecular weight excluding hydrogens is 534 g/mol. The first kappa shape index (κ1) is 27.9. The Morgan fingerprint density at radius 3 is 2.67 bits per heavy atom. The Hall–Kier alpha value is -4.10. The van der Waals surface area contributed by atoms with E-state index in [0.717, 1.165) is 17.7 Å². The van der Waals surface area contributed by atoms with Gasteiger partial charge in [-0.3, -0.25) is 23.7 Å². The Morgan fingerprint density at radius 2 is 1.92 bits per heavy atom. The van der Waals surface area contributed by atoms with Gasteiger partial charge in [0.05, 0.1) is 19.5 Å². The number of nitrogens with two attached hydrogens (primary N) is 1. The second-order valence-corrected chi connectivity index (χ2v) is 9.89. The first-order valence-corrected chi connectivity index (χ1v) is 13.2. The molecular formula is C24H26FN6O7P. The number of aromatic amines is 1. The average molecular weight is 560 g/mol. The zero-order valence-electron chi connectivity index (χ0n) is 20.8. The number of hydrogen-bond donors (Lipinski definition) is 3. The van der Waals surface area contributed by atoms with Gasteiger partial charge in [-0.15, -0.1) is 0 Å². The number of nitrogen functional groups attached to an aromatic ring is 1. The van der Waals surface area contributed by atoms with Crippen LogP contribution in [0, 0.1) is 5.82 Å². The van der Waals surface area contributed by atoms with Crippen LogP contribution in [0.4, 0.5) is 10.3 Å². The molecule has 2 heterocycles. The van der Waals surface area contributed by atoms with Crippen molar-refractivity contribution in [3.05, 3.63) is 82.7 Å². The minimum atomic E-state index is -4.16. The molecule has 0 saturated heterocycles. The minimum absolute atomic E-state index is 0.0266.